The van der Waals surface area contributed by atoms with Crippen LogP contribution in [0.2, 0.25) is 0 Å². The van der Waals surface area contributed by atoms with Crippen LogP contribution < -0.4 is 4.74 Å². The van der Waals surface area contributed by atoms with E-state index in [4.69, 9.17) is 16.3 Å². The van der Waals surface area contributed by atoms with Crippen molar-refractivity contribution in [2.45, 2.75) is 19.9 Å². The summed E-state index contributed by atoms with van der Waals surface area (Å²) < 4.78 is 10.4. The Labute approximate surface area is 258 Å². The molecule has 3 heterocycles. The van der Waals surface area contributed by atoms with Crippen LogP contribution in [0.4, 0.5) is 11.4 Å². The van der Waals surface area contributed by atoms with Crippen LogP contribution in [0, 0.1) is 32.6 Å². The summed E-state index contributed by atoms with van der Waals surface area (Å²) in [6.07, 6.45) is 5.66. The summed E-state index contributed by atoms with van der Waals surface area (Å²) in [7, 11) is 0. The minimum atomic E-state index is -0.281. The van der Waals surface area contributed by atoms with E-state index in [2.05, 4.69) is 70.7 Å². The van der Waals surface area contributed by atoms with Gasteiger partial charge in [-0.1, -0.05) is 53.0 Å². The predicted molar refractivity (Wildman–Crippen MR) is 162 cm³/mol. The van der Waals surface area contributed by atoms with Crippen LogP contribution in [0.5, 0.6) is 11.5 Å². The van der Waals surface area contributed by atoms with Crippen LogP contribution in [0.3, 0.4) is 0 Å². The summed E-state index contributed by atoms with van der Waals surface area (Å²) in [5, 5.41) is 2.17. The zero-order valence-corrected chi connectivity index (χ0v) is 25.1. The van der Waals surface area contributed by atoms with E-state index in [1.165, 1.54) is 11.1 Å². The van der Waals surface area contributed by atoms with E-state index in [-0.39, 0.29) is 27.1 Å². The molecule has 0 N–H and O–H groups in total. The molecule has 1 unspecified atom stereocenters. The number of aryl methyl sites for hydroxylation is 2. The Bertz CT molecular complexity index is 2050. The summed E-state index contributed by atoms with van der Waals surface area (Å²) in [6.45, 7) is 11.9. The second-order valence-corrected chi connectivity index (χ2v) is 10.0. The molecule has 1 aliphatic heterocycles. The van der Waals surface area contributed by atoms with Crippen molar-refractivity contribution in [3.8, 4) is 17.3 Å². The minimum Gasteiger partial charge on any atom is -0.510 e. The van der Waals surface area contributed by atoms with E-state index >= 15 is 0 Å². The first kappa shape index (κ1) is 27.3. The Hall–Kier alpha value is -4.85. The number of benzene rings is 4. The standard InChI is InChI=1S/C35H24N5O.Pt/c1-23-9-8-10-24(2)35(23)39-21-31(38-22-39)25-17-26(36-3)19-28(18-25)41-27-14-15-30-29-11-4-5-12-32(29)40(33(30)20-27)34-13-6-7-16-37-34;/h4-17,19,21-22,31H,1-2H3;/q-1;+2. The number of pyridine rings is 1. The van der Waals surface area contributed by atoms with E-state index in [1.807, 2.05) is 65.7 Å². The number of hydrogen-bond donors (Lipinski definition) is 0. The number of nitrogens with zero attached hydrogens (tertiary/aromatic N) is 5. The third-order valence-electron chi connectivity index (χ3n) is 7.30. The molecule has 1 atom stereocenters. The van der Waals surface area contributed by atoms with Crippen molar-refractivity contribution in [1.29, 1.82) is 0 Å². The summed E-state index contributed by atoms with van der Waals surface area (Å²) in [5.74, 6) is 1.77. The van der Waals surface area contributed by atoms with Crippen molar-refractivity contribution in [2.75, 3.05) is 0 Å². The van der Waals surface area contributed by atoms with Crippen molar-refractivity contribution >= 4 is 45.7 Å². The Kier molecular flexibility index (Phi) is 7.29. The minimum absolute atomic E-state index is 0. The van der Waals surface area contributed by atoms with Gasteiger partial charge in [0, 0.05) is 23.2 Å². The van der Waals surface area contributed by atoms with Gasteiger partial charge in [0.05, 0.1) is 12.3 Å². The average Bonchev–Trinajstić information content (AvgIpc) is 3.60. The second kappa shape index (κ2) is 11.2. The van der Waals surface area contributed by atoms with E-state index < -0.39 is 0 Å². The van der Waals surface area contributed by atoms with Gasteiger partial charge in [-0.2, -0.15) is 12.1 Å². The van der Waals surface area contributed by atoms with Gasteiger partial charge < -0.3 is 9.30 Å². The van der Waals surface area contributed by atoms with E-state index in [0.29, 0.717) is 17.2 Å². The van der Waals surface area contributed by atoms with Gasteiger partial charge >= 0.3 is 21.1 Å². The summed E-state index contributed by atoms with van der Waals surface area (Å²) in [6, 6.07) is 34.3. The summed E-state index contributed by atoms with van der Waals surface area (Å²) in [4.78, 5) is 13.0. The molecule has 6 nitrogen and oxygen atoms in total. The fraction of sp³-hybridized carbons (Fsp3) is 0.0857. The molecular weight excluding hydrogens is 701 g/mol. The molecule has 42 heavy (non-hydrogen) atoms. The molecule has 4 aromatic carbocycles. The predicted octanol–water partition coefficient (Wildman–Crippen LogP) is 8.23. The van der Waals surface area contributed by atoms with Crippen molar-refractivity contribution in [3.05, 3.63) is 131 Å². The zero-order chi connectivity index (χ0) is 27.9. The largest absolute Gasteiger partial charge is 2.00 e. The molecule has 0 saturated carbocycles. The number of fused-ring (bicyclic) bond motifs is 3. The molecule has 1 aliphatic rings. The monoisotopic (exact) mass is 725 g/mol. The number of para-hydroxylation sites is 2. The molecule has 7 rings (SSSR count). The Morgan fingerprint density at radius 3 is 2.48 bits per heavy atom. The van der Waals surface area contributed by atoms with Crippen LogP contribution in [0.15, 0.2) is 96.1 Å². The molecule has 0 saturated heterocycles. The van der Waals surface area contributed by atoms with Gasteiger partial charge in [-0.05, 0) is 48.6 Å². The molecule has 0 fully saturated rings. The van der Waals surface area contributed by atoms with E-state index in [1.54, 1.807) is 12.3 Å². The molecule has 0 amide bonds. The normalized spacial score (nSPS) is 14.0. The van der Waals surface area contributed by atoms with Gasteiger partial charge in [0.1, 0.15) is 17.7 Å². The number of rotatable bonds is 5. The van der Waals surface area contributed by atoms with Gasteiger partial charge in [-0.15, -0.1) is 35.2 Å². The van der Waals surface area contributed by atoms with Gasteiger partial charge in [0.2, 0.25) is 0 Å². The molecule has 7 heteroatoms. The van der Waals surface area contributed by atoms with E-state index in [0.717, 1.165) is 38.9 Å². The van der Waals surface area contributed by atoms with Gasteiger partial charge in [-0.3, -0.25) is 4.85 Å². The maximum Gasteiger partial charge on any atom is 2.00 e. The van der Waals surface area contributed by atoms with Gasteiger partial charge in [0.15, 0.2) is 6.04 Å². The molecule has 0 spiro atoms. The maximum atomic E-state index is 7.69. The first-order valence-electron chi connectivity index (χ1n) is 13.3. The Morgan fingerprint density at radius 2 is 1.69 bits per heavy atom. The third kappa shape index (κ3) is 4.83. The number of ether oxygens (including phenoxy) is 1. The third-order valence-corrected chi connectivity index (χ3v) is 7.30. The number of aliphatic imine (C=N–C) groups is 1. The molecule has 6 aromatic rings. The molecular formula is C35H24N5OPt+. The zero-order valence-electron chi connectivity index (χ0n) is 22.9. The molecule has 2 aromatic heterocycles. The Morgan fingerprint density at radius 1 is 0.881 bits per heavy atom. The summed E-state index contributed by atoms with van der Waals surface area (Å²) >= 11 is 0. The van der Waals surface area contributed by atoms with Crippen molar-refractivity contribution in [2.24, 2.45) is 4.99 Å². The van der Waals surface area contributed by atoms with Crippen LogP contribution in [-0.2, 0) is 21.1 Å². The smallest absolute Gasteiger partial charge is 0.510 e. The fourth-order valence-electron chi connectivity index (χ4n) is 5.48. The topological polar surface area (TPSA) is 46.8 Å². The van der Waals surface area contributed by atoms with E-state index in [9.17, 15) is 0 Å². The summed E-state index contributed by atoms with van der Waals surface area (Å²) in [5.41, 5.74) is 6.59. The average molecular weight is 726 g/mol. The van der Waals surface area contributed by atoms with Crippen molar-refractivity contribution in [3.63, 3.8) is 0 Å². The van der Waals surface area contributed by atoms with Gasteiger partial charge in [-0.25, -0.2) is 9.56 Å². The SMILES string of the molecule is [C-]#[N+]c1cc(Oc2[c-]c3c(cc2)c2ccccc2n3-c2ccccn2)[c-]c(C2C=[N+](c3c(C)cccc3C)C=N2)c1.[Pt+2]. The van der Waals surface area contributed by atoms with Crippen LogP contribution >= 0.6 is 0 Å². The van der Waals surface area contributed by atoms with Gasteiger partial charge in [0.25, 0.3) is 6.34 Å². The fourth-order valence-corrected chi connectivity index (χ4v) is 5.48. The quantitative estimate of drug-likeness (QED) is 0.133. The first-order valence-corrected chi connectivity index (χ1v) is 13.3. The second-order valence-electron chi connectivity index (χ2n) is 10.0. The molecule has 0 bridgehead atoms. The number of hydrogen-bond acceptors (Lipinski definition) is 3. The number of aromatic nitrogens is 2. The molecule has 0 aliphatic carbocycles. The molecule has 204 valence electrons. The Balaban J connectivity index is 0.00000316. The van der Waals surface area contributed by atoms with Crippen LogP contribution in [0.1, 0.15) is 22.7 Å². The van der Waals surface area contributed by atoms with Crippen LogP contribution in [0.25, 0.3) is 32.5 Å². The first-order chi connectivity index (χ1) is 20.1. The maximum absolute atomic E-state index is 7.69. The molecule has 0 radical (unpaired) electrons. The van der Waals surface area contributed by atoms with Crippen molar-refractivity contribution in [1.82, 2.24) is 9.55 Å². The van der Waals surface area contributed by atoms with Crippen LogP contribution in [-0.4, -0.2) is 26.7 Å². The van der Waals surface area contributed by atoms with Crippen molar-refractivity contribution < 1.29 is 30.4 Å².